The second-order valence-corrected chi connectivity index (χ2v) is 2.80. The van der Waals surface area contributed by atoms with Gasteiger partial charge in [0.25, 0.3) is 0 Å². The summed E-state index contributed by atoms with van der Waals surface area (Å²) in [5.41, 5.74) is 2.36. The smallest absolute Gasteiger partial charge is 0.155 e. The van der Waals surface area contributed by atoms with E-state index in [-0.39, 0.29) is 0 Å². The topological polar surface area (TPSA) is 41.0 Å². The van der Waals surface area contributed by atoms with Gasteiger partial charge in [0.1, 0.15) is 5.71 Å². The number of allylic oxidation sites excluding steroid dienone is 1. The predicted molar refractivity (Wildman–Crippen MR) is 48.4 cm³/mol. The monoisotopic (exact) mass is 161 g/mol. The largest absolute Gasteiger partial charge is 0.343 e. The van der Waals surface area contributed by atoms with Gasteiger partial charge in [-0.1, -0.05) is 6.92 Å². The van der Waals surface area contributed by atoms with Crippen molar-refractivity contribution in [3.05, 3.63) is 29.9 Å². The van der Waals surface area contributed by atoms with Crippen LogP contribution >= 0.6 is 0 Å². The summed E-state index contributed by atoms with van der Waals surface area (Å²) >= 11 is 0. The third kappa shape index (κ3) is 1.18. The highest BCUT2D eigenvalue weighted by atomic mass is 14.9. The molecule has 0 unspecified atom stereocenters. The van der Waals surface area contributed by atoms with Crippen molar-refractivity contribution >= 4 is 5.71 Å². The minimum Gasteiger partial charge on any atom is -0.343 e. The molecule has 0 aromatic carbocycles. The Balaban J connectivity index is 2.23. The Morgan fingerprint density at radius 1 is 1.58 bits per heavy atom. The molecule has 0 fully saturated rings. The van der Waals surface area contributed by atoms with Crippen LogP contribution in [0.5, 0.6) is 0 Å². The molecule has 1 aliphatic heterocycles. The van der Waals surface area contributed by atoms with Gasteiger partial charge in [0, 0.05) is 12.4 Å². The van der Waals surface area contributed by atoms with Crippen LogP contribution < -0.4 is 0 Å². The van der Waals surface area contributed by atoms with Crippen LogP contribution in [0.25, 0.3) is 0 Å². The van der Waals surface area contributed by atoms with Gasteiger partial charge in [-0.25, -0.2) is 4.98 Å². The minimum absolute atomic E-state index is 0.840. The molecule has 3 nitrogen and oxygen atoms in total. The van der Waals surface area contributed by atoms with E-state index in [2.05, 4.69) is 28.0 Å². The van der Waals surface area contributed by atoms with Crippen LogP contribution in [0.4, 0.5) is 0 Å². The standard InChI is InChI=1S/C9H11N3/c1-2-7-5-8(12-6-7)9-10-3-4-11-9/h3-5H,2,6H2,1H3,(H,10,11). The normalized spacial score (nSPS) is 16.1. The van der Waals surface area contributed by atoms with Crippen LogP contribution in [0, 0.1) is 0 Å². The summed E-state index contributed by atoms with van der Waals surface area (Å²) in [7, 11) is 0. The molecule has 0 bridgehead atoms. The third-order valence-corrected chi connectivity index (χ3v) is 1.99. The van der Waals surface area contributed by atoms with E-state index < -0.39 is 0 Å². The lowest BCUT2D eigenvalue weighted by atomic mass is 10.2. The number of hydrogen-bond donors (Lipinski definition) is 1. The zero-order valence-corrected chi connectivity index (χ0v) is 7.04. The lowest BCUT2D eigenvalue weighted by Gasteiger charge is -1.89. The van der Waals surface area contributed by atoms with Crippen molar-refractivity contribution in [2.75, 3.05) is 6.54 Å². The first kappa shape index (κ1) is 7.28. The Morgan fingerprint density at radius 3 is 3.08 bits per heavy atom. The van der Waals surface area contributed by atoms with E-state index >= 15 is 0 Å². The SMILES string of the molecule is CCC1=CC(c2ncc[nH]2)=NC1. The third-order valence-electron chi connectivity index (χ3n) is 1.99. The summed E-state index contributed by atoms with van der Waals surface area (Å²) in [6, 6.07) is 0. The highest BCUT2D eigenvalue weighted by Crippen LogP contribution is 2.11. The predicted octanol–water partition coefficient (Wildman–Crippen LogP) is 1.55. The molecule has 0 saturated heterocycles. The molecule has 0 atom stereocenters. The summed E-state index contributed by atoms with van der Waals surface area (Å²) in [5.74, 6) is 0.874. The van der Waals surface area contributed by atoms with Gasteiger partial charge in [-0.2, -0.15) is 0 Å². The van der Waals surface area contributed by atoms with Crippen molar-refractivity contribution in [1.29, 1.82) is 0 Å². The number of rotatable bonds is 2. The molecule has 2 heterocycles. The second kappa shape index (κ2) is 2.93. The fourth-order valence-corrected chi connectivity index (χ4v) is 1.23. The quantitative estimate of drug-likeness (QED) is 0.702. The average molecular weight is 161 g/mol. The van der Waals surface area contributed by atoms with Crippen LogP contribution in [0.2, 0.25) is 0 Å². The minimum atomic E-state index is 0.840. The number of hydrogen-bond acceptors (Lipinski definition) is 2. The zero-order chi connectivity index (χ0) is 8.39. The average Bonchev–Trinajstić information content (AvgIpc) is 2.75. The molecule has 0 spiro atoms. The number of nitrogens with one attached hydrogen (secondary N) is 1. The zero-order valence-electron chi connectivity index (χ0n) is 7.04. The molecule has 2 rings (SSSR count). The van der Waals surface area contributed by atoms with E-state index in [4.69, 9.17) is 0 Å². The van der Waals surface area contributed by atoms with Crippen LogP contribution in [-0.4, -0.2) is 22.2 Å². The molecule has 1 aliphatic rings. The van der Waals surface area contributed by atoms with Crippen molar-refractivity contribution in [2.24, 2.45) is 4.99 Å². The fourth-order valence-electron chi connectivity index (χ4n) is 1.23. The summed E-state index contributed by atoms with van der Waals surface area (Å²) in [6.45, 7) is 2.99. The Bertz CT molecular complexity index is 320. The second-order valence-electron chi connectivity index (χ2n) is 2.80. The highest BCUT2D eigenvalue weighted by Gasteiger charge is 2.09. The van der Waals surface area contributed by atoms with E-state index in [1.165, 1.54) is 5.57 Å². The lowest BCUT2D eigenvalue weighted by molar-refractivity contribution is 1.03. The van der Waals surface area contributed by atoms with Crippen molar-refractivity contribution in [3.63, 3.8) is 0 Å². The Labute approximate surface area is 71.2 Å². The summed E-state index contributed by atoms with van der Waals surface area (Å²) in [5, 5.41) is 0. The molecular formula is C9H11N3. The van der Waals surface area contributed by atoms with Gasteiger partial charge in [0.05, 0.1) is 6.54 Å². The molecule has 1 N–H and O–H groups in total. The van der Waals surface area contributed by atoms with E-state index in [9.17, 15) is 0 Å². The molecule has 3 heteroatoms. The first-order valence-electron chi connectivity index (χ1n) is 4.14. The van der Waals surface area contributed by atoms with Crippen LogP contribution in [-0.2, 0) is 0 Å². The van der Waals surface area contributed by atoms with Gasteiger partial charge in [-0.15, -0.1) is 0 Å². The van der Waals surface area contributed by atoms with E-state index in [0.29, 0.717) is 0 Å². The van der Waals surface area contributed by atoms with Crippen molar-refractivity contribution in [1.82, 2.24) is 9.97 Å². The highest BCUT2D eigenvalue weighted by molar-refractivity contribution is 6.07. The number of H-pyrrole nitrogens is 1. The first-order chi connectivity index (χ1) is 5.90. The van der Waals surface area contributed by atoms with Gasteiger partial charge >= 0.3 is 0 Å². The van der Waals surface area contributed by atoms with Gasteiger partial charge in [-0.3, -0.25) is 4.99 Å². The molecule has 1 aromatic rings. The number of aromatic amines is 1. The Morgan fingerprint density at radius 2 is 2.50 bits per heavy atom. The maximum Gasteiger partial charge on any atom is 0.155 e. The molecule has 12 heavy (non-hydrogen) atoms. The molecule has 0 amide bonds. The number of imidazole rings is 1. The van der Waals surface area contributed by atoms with Crippen molar-refractivity contribution < 1.29 is 0 Å². The van der Waals surface area contributed by atoms with Gasteiger partial charge in [-0.05, 0) is 18.1 Å². The Kier molecular flexibility index (Phi) is 1.78. The van der Waals surface area contributed by atoms with E-state index in [0.717, 1.165) is 24.5 Å². The maximum atomic E-state index is 4.36. The van der Waals surface area contributed by atoms with Gasteiger partial charge in [0.15, 0.2) is 5.82 Å². The van der Waals surface area contributed by atoms with Crippen LogP contribution in [0.3, 0.4) is 0 Å². The van der Waals surface area contributed by atoms with Crippen LogP contribution in [0.15, 0.2) is 29.0 Å². The van der Waals surface area contributed by atoms with Gasteiger partial charge < -0.3 is 4.98 Å². The summed E-state index contributed by atoms with van der Waals surface area (Å²) < 4.78 is 0. The summed E-state index contributed by atoms with van der Waals surface area (Å²) in [6.07, 6.45) is 6.75. The molecular weight excluding hydrogens is 150 g/mol. The van der Waals surface area contributed by atoms with E-state index in [1.54, 1.807) is 6.20 Å². The Hall–Kier alpha value is -1.38. The number of aliphatic imine (C=N–C) groups is 1. The molecule has 1 aromatic heterocycles. The van der Waals surface area contributed by atoms with Crippen LogP contribution in [0.1, 0.15) is 19.2 Å². The maximum absolute atomic E-state index is 4.36. The molecule has 0 saturated carbocycles. The van der Waals surface area contributed by atoms with Gasteiger partial charge in [0.2, 0.25) is 0 Å². The molecule has 0 aliphatic carbocycles. The fraction of sp³-hybridized carbons (Fsp3) is 0.333. The molecule has 0 radical (unpaired) electrons. The lowest BCUT2D eigenvalue weighted by Crippen LogP contribution is -1.96. The number of aromatic nitrogens is 2. The number of nitrogens with zero attached hydrogens (tertiary/aromatic N) is 2. The van der Waals surface area contributed by atoms with E-state index in [1.807, 2.05) is 6.20 Å². The van der Waals surface area contributed by atoms with Crippen molar-refractivity contribution in [2.45, 2.75) is 13.3 Å². The summed E-state index contributed by atoms with van der Waals surface area (Å²) in [4.78, 5) is 11.5. The molecule has 62 valence electrons. The van der Waals surface area contributed by atoms with Crippen molar-refractivity contribution in [3.8, 4) is 0 Å². The first-order valence-corrected chi connectivity index (χ1v) is 4.14.